The molecule has 0 radical (unpaired) electrons. The molecular formula is C34H34BrFN3O2PS. The summed E-state index contributed by atoms with van der Waals surface area (Å²) in [6.45, 7) is 4.05. The number of sulfonamides is 1. The Morgan fingerprint density at radius 3 is 1.60 bits per heavy atom. The maximum Gasteiger partial charge on any atom is 0.239 e. The fourth-order valence-electron chi connectivity index (χ4n) is 5.29. The van der Waals surface area contributed by atoms with Gasteiger partial charge in [0.2, 0.25) is 16.0 Å². The zero-order valence-corrected chi connectivity index (χ0v) is 27.8. The third-order valence-corrected chi connectivity index (χ3v) is 13.0. The van der Waals surface area contributed by atoms with Gasteiger partial charge in [0, 0.05) is 18.2 Å². The summed E-state index contributed by atoms with van der Waals surface area (Å²) >= 11 is 0. The zero-order valence-electron chi connectivity index (χ0n) is 24.5. The van der Waals surface area contributed by atoms with Gasteiger partial charge in [0.05, 0.1) is 17.6 Å². The third kappa shape index (κ3) is 6.57. The number of hydrogen-bond acceptors (Lipinski definition) is 4. The number of benzene rings is 4. The van der Waals surface area contributed by atoms with Crippen LogP contribution in [0.15, 0.2) is 115 Å². The van der Waals surface area contributed by atoms with Crippen LogP contribution in [0.4, 0.5) is 10.3 Å². The van der Waals surface area contributed by atoms with Crippen LogP contribution in [0, 0.1) is 5.82 Å². The van der Waals surface area contributed by atoms with E-state index in [-0.39, 0.29) is 28.8 Å². The first-order chi connectivity index (χ1) is 20.1. The Bertz CT molecular complexity index is 1690. The van der Waals surface area contributed by atoms with Crippen LogP contribution in [0.1, 0.15) is 31.0 Å². The Hall–Kier alpha value is -3.45. The average Bonchev–Trinajstić information content (AvgIpc) is 3.00. The smallest absolute Gasteiger partial charge is 0.239 e. The van der Waals surface area contributed by atoms with Gasteiger partial charge in [0.25, 0.3) is 0 Å². The summed E-state index contributed by atoms with van der Waals surface area (Å²) in [5, 5.41) is 3.52. The van der Waals surface area contributed by atoms with Gasteiger partial charge < -0.3 is 17.0 Å². The molecule has 9 heteroatoms. The lowest BCUT2D eigenvalue weighted by Gasteiger charge is -2.30. The molecule has 0 fully saturated rings. The molecule has 5 rings (SSSR count). The van der Waals surface area contributed by atoms with Gasteiger partial charge in [-0.15, -0.1) is 0 Å². The van der Waals surface area contributed by atoms with Crippen LogP contribution in [-0.4, -0.2) is 31.7 Å². The topological polar surface area (TPSA) is 63.2 Å². The van der Waals surface area contributed by atoms with Crippen molar-refractivity contribution >= 4 is 39.1 Å². The van der Waals surface area contributed by atoms with Crippen LogP contribution in [0.5, 0.6) is 0 Å². The molecule has 0 N–H and O–H groups in total. The molecule has 0 atom stereocenters. The molecule has 0 aliphatic heterocycles. The van der Waals surface area contributed by atoms with Gasteiger partial charge >= 0.3 is 0 Å². The first-order valence-corrected chi connectivity index (χ1v) is 17.6. The van der Waals surface area contributed by atoms with E-state index in [1.165, 1.54) is 29.0 Å². The molecule has 0 amide bonds. The molecule has 0 saturated heterocycles. The fourth-order valence-corrected chi connectivity index (χ4v) is 9.94. The van der Waals surface area contributed by atoms with Crippen molar-refractivity contribution in [2.75, 3.05) is 17.6 Å². The SMILES string of the molecule is CC(C)c1nc(N(C)S(C)(=O)=O)nc(-c2ccccc2F)c1C[P+](c1ccccc1)(c1ccccc1)c1ccccc1.[Br-]. The summed E-state index contributed by atoms with van der Waals surface area (Å²) in [5.74, 6) is -0.501. The Kier molecular flexibility index (Phi) is 10.2. The van der Waals surface area contributed by atoms with Crippen LogP contribution >= 0.6 is 7.26 Å². The molecule has 0 unspecified atom stereocenters. The van der Waals surface area contributed by atoms with Crippen LogP contribution in [0.2, 0.25) is 0 Å². The lowest BCUT2D eigenvalue weighted by molar-refractivity contribution is -0.0000116. The van der Waals surface area contributed by atoms with E-state index in [1.54, 1.807) is 18.2 Å². The van der Waals surface area contributed by atoms with Gasteiger partial charge in [-0.3, -0.25) is 0 Å². The molecular weight excluding hydrogens is 644 g/mol. The summed E-state index contributed by atoms with van der Waals surface area (Å²) in [6.07, 6.45) is 1.63. The minimum Gasteiger partial charge on any atom is -1.00 e. The Labute approximate surface area is 265 Å². The van der Waals surface area contributed by atoms with Crippen molar-refractivity contribution in [3.05, 3.63) is 132 Å². The van der Waals surface area contributed by atoms with Crippen LogP contribution in [0.25, 0.3) is 11.3 Å². The quantitative estimate of drug-likeness (QED) is 0.225. The Balaban J connectivity index is 0.00000423. The summed E-state index contributed by atoms with van der Waals surface area (Å²) in [7, 11) is -4.65. The van der Waals surface area contributed by atoms with Crippen molar-refractivity contribution in [3.63, 3.8) is 0 Å². The van der Waals surface area contributed by atoms with Crippen molar-refractivity contribution in [1.82, 2.24) is 9.97 Å². The number of hydrogen-bond donors (Lipinski definition) is 0. The lowest BCUT2D eigenvalue weighted by Crippen LogP contribution is -3.00. The number of halogens is 2. The van der Waals surface area contributed by atoms with E-state index in [0.29, 0.717) is 23.1 Å². The first-order valence-electron chi connectivity index (χ1n) is 13.8. The molecule has 222 valence electrons. The van der Waals surface area contributed by atoms with E-state index in [1.807, 2.05) is 32.0 Å². The summed E-state index contributed by atoms with van der Waals surface area (Å²) < 4.78 is 41.8. The van der Waals surface area contributed by atoms with Crippen LogP contribution in [-0.2, 0) is 16.2 Å². The van der Waals surface area contributed by atoms with E-state index >= 15 is 4.39 Å². The highest BCUT2D eigenvalue weighted by molar-refractivity contribution is 7.95. The van der Waals surface area contributed by atoms with Crippen molar-refractivity contribution in [3.8, 4) is 11.3 Å². The third-order valence-electron chi connectivity index (χ3n) is 7.47. The highest BCUT2D eigenvalue weighted by atomic mass is 79.9. The van der Waals surface area contributed by atoms with E-state index in [2.05, 4.69) is 72.8 Å². The van der Waals surface area contributed by atoms with E-state index in [0.717, 1.165) is 16.1 Å². The molecule has 0 bridgehead atoms. The number of rotatable bonds is 9. The molecule has 1 aromatic heterocycles. The molecule has 0 aliphatic rings. The van der Waals surface area contributed by atoms with Crippen molar-refractivity contribution in [1.29, 1.82) is 0 Å². The lowest BCUT2D eigenvalue weighted by atomic mass is 9.99. The molecule has 5 aromatic rings. The molecule has 0 aliphatic carbocycles. The first kappa shape index (κ1) is 32.5. The molecule has 0 saturated carbocycles. The van der Waals surface area contributed by atoms with Gasteiger partial charge in [0.1, 0.15) is 35.2 Å². The van der Waals surface area contributed by atoms with Gasteiger partial charge in [-0.05, 0) is 54.4 Å². The number of anilines is 1. The van der Waals surface area contributed by atoms with Crippen molar-refractivity contribution in [2.45, 2.75) is 25.9 Å². The Morgan fingerprint density at radius 2 is 1.19 bits per heavy atom. The molecule has 4 aromatic carbocycles. The fraction of sp³-hybridized carbons (Fsp3) is 0.176. The van der Waals surface area contributed by atoms with E-state index < -0.39 is 23.1 Å². The zero-order chi connectivity index (χ0) is 29.9. The second kappa shape index (κ2) is 13.5. The average molecular weight is 679 g/mol. The van der Waals surface area contributed by atoms with Gasteiger partial charge in [0.15, 0.2) is 0 Å². The minimum absolute atomic E-state index is 0. The van der Waals surface area contributed by atoms with Gasteiger partial charge in [-0.2, -0.15) is 0 Å². The summed E-state index contributed by atoms with van der Waals surface area (Å²) in [5.41, 5.74) is 2.23. The molecule has 0 spiro atoms. The number of nitrogens with zero attached hydrogens (tertiary/aromatic N) is 3. The standard InChI is InChI=1S/C34H34FN3O2PS.BrH/c1-25(2)32-30(33(29-22-14-15-23-31(29)35)37-34(36-32)38(3)42(4,39)40)24-41(26-16-8-5-9-17-26,27-18-10-6-11-19-27)28-20-12-7-13-21-28;/h5-23,25H,24H2,1-4H3;1H/q+1;/p-1. The largest absolute Gasteiger partial charge is 1.00 e. The second-order valence-electron chi connectivity index (χ2n) is 10.6. The molecule has 5 nitrogen and oxygen atoms in total. The van der Waals surface area contributed by atoms with Crippen LogP contribution < -0.4 is 37.2 Å². The van der Waals surface area contributed by atoms with Gasteiger partial charge in [-0.1, -0.05) is 80.6 Å². The summed E-state index contributed by atoms with van der Waals surface area (Å²) in [4.78, 5) is 9.64. The predicted molar refractivity (Wildman–Crippen MR) is 174 cm³/mol. The Morgan fingerprint density at radius 1 is 0.744 bits per heavy atom. The monoisotopic (exact) mass is 677 g/mol. The highest BCUT2D eigenvalue weighted by Gasteiger charge is 2.47. The number of aromatic nitrogens is 2. The predicted octanol–water partition coefficient (Wildman–Crippen LogP) is 3.30. The molecule has 1 heterocycles. The minimum atomic E-state index is -3.66. The summed E-state index contributed by atoms with van der Waals surface area (Å²) in [6, 6.07) is 37.9. The second-order valence-corrected chi connectivity index (χ2v) is 16.1. The molecule has 43 heavy (non-hydrogen) atoms. The normalized spacial score (nSPS) is 11.7. The van der Waals surface area contributed by atoms with Crippen molar-refractivity contribution in [2.24, 2.45) is 0 Å². The van der Waals surface area contributed by atoms with Crippen LogP contribution in [0.3, 0.4) is 0 Å². The highest BCUT2D eigenvalue weighted by Crippen LogP contribution is 2.59. The van der Waals surface area contributed by atoms with E-state index in [9.17, 15) is 8.42 Å². The van der Waals surface area contributed by atoms with E-state index in [4.69, 9.17) is 9.97 Å². The van der Waals surface area contributed by atoms with Crippen molar-refractivity contribution < 1.29 is 29.8 Å². The maximum absolute atomic E-state index is 15.6. The van der Waals surface area contributed by atoms with Gasteiger partial charge in [-0.25, -0.2) is 27.1 Å². The maximum atomic E-state index is 15.6.